The van der Waals surface area contributed by atoms with Crippen LogP contribution < -0.4 is 0 Å². The number of hydrogen-bond donors (Lipinski definition) is 0. The smallest absolute Gasteiger partial charge is 0.334 e. The third kappa shape index (κ3) is 3.64. The molecule has 1 saturated heterocycles. The van der Waals surface area contributed by atoms with Gasteiger partial charge in [0.1, 0.15) is 11.9 Å². The Labute approximate surface area is 160 Å². The summed E-state index contributed by atoms with van der Waals surface area (Å²) in [5.41, 5.74) is 3.98. The van der Waals surface area contributed by atoms with E-state index in [0.717, 1.165) is 22.3 Å². The first kappa shape index (κ1) is 17.5. The average molecular weight is 383 g/mol. The number of ether oxygens (including phenoxy) is 1. The van der Waals surface area contributed by atoms with Crippen LogP contribution in [0, 0.1) is 5.82 Å². The summed E-state index contributed by atoms with van der Waals surface area (Å²) in [5.74, 6) is -0.678. The molecule has 4 nitrogen and oxygen atoms in total. The van der Waals surface area contributed by atoms with E-state index in [2.05, 4.69) is 5.10 Å². The largest absolute Gasteiger partial charge is 0.454 e. The molecule has 1 aromatic heterocycles. The second kappa shape index (κ2) is 7.00. The van der Waals surface area contributed by atoms with Crippen molar-refractivity contribution in [2.45, 2.75) is 12.5 Å². The van der Waals surface area contributed by atoms with E-state index < -0.39 is 6.10 Å². The van der Waals surface area contributed by atoms with Crippen LogP contribution in [0.2, 0.25) is 5.02 Å². The van der Waals surface area contributed by atoms with Gasteiger partial charge in [0.25, 0.3) is 0 Å². The number of aromatic nitrogens is 2. The highest BCUT2D eigenvalue weighted by Crippen LogP contribution is 2.39. The lowest BCUT2D eigenvalue weighted by atomic mass is 9.95. The summed E-state index contributed by atoms with van der Waals surface area (Å²) >= 11 is 6.18. The maximum atomic E-state index is 13.1. The molecule has 0 amide bonds. The van der Waals surface area contributed by atoms with E-state index in [0.29, 0.717) is 17.0 Å². The number of nitrogens with zero attached hydrogens (tertiary/aromatic N) is 2. The van der Waals surface area contributed by atoms with Gasteiger partial charge in [0.05, 0.1) is 6.20 Å². The van der Waals surface area contributed by atoms with Gasteiger partial charge >= 0.3 is 5.97 Å². The van der Waals surface area contributed by atoms with Gasteiger partial charge in [-0.1, -0.05) is 29.8 Å². The van der Waals surface area contributed by atoms with Gasteiger partial charge in [-0.2, -0.15) is 5.10 Å². The number of hydrogen-bond acceptors (Lipinski definition) is 3. The Hall–Kier alpha value is -2.92. The van der Waals surface area contributed by atoms with Crippen LogP contribution in [-0.4, -0.2) is 15.7 Å². The minimum atomic E-state index is -0.406. The molecule has 1 aliphatic heterocycles. The molecule has 0 bridgehead atoms. The van der Waals surface area contributed by atoms with Crippen LogP contribution in [0.4, 0.5) is 4.39 Å². The SMILES string of the molecule is Cn1cc(-c2cc(Cl)ccc2C2CC(=Cc3ccc(F)cc3)C(=O)O2)cn1. The van der Waals surface area contributed by atoms with Crippen molar-refractivity contribution in [3.63, 3.8) is 0 Å². The summed E-state index contributed by atoms with van der Waals surface area (Å²) in [6, 6.07) is 11.5. The van der Waals surface area contributed by atoms with E-state index in [1.165, 1.54) is 12.1 Å². The van der Waals surface area contributed by atoms with E-state index in [-0.39, 0.29) is 11.8 Å². The topological polar surface area (TPSA) is 44.1 Å². The fourth-order valence-corrected chi connectivity index (χ4v) is 3.37. The molecule has 27 heavy (non-hydrogen) atoms. The Kier molecular flexibility index (Phi) is 4.54. The Balaban J connectivity index is 1.67. The second-order valence-corrected chi connectivity index (χ2v) is 6.89. The first-order chi connectivity index (χ1) is 13.0. The van der Waals surface area contributed by atoms with Gasteiger partial charge < -0.3 is 4.74 Å². The molecule has 0 aliphatic carbocycles. The molecule has 1 atom stereocenters. The van der Waals surface area contributed by atoms with Crippen LogP contribution >= 0.6 is 11.6 Å². The van der Waals surface area contributed by atoms with E-state index in [4.69, 9.17) is 16.3 Å². The van der Waals surface area contributed by atoms with E-state index >= 15 is 0 Å². The van der Waals surface area contributed by atoms with E-state index in [1.807, 2.05) is 25.4 Å². The Morgan fingerprint density at radius 2 is 2.04 bits per heavy atom. The maximum Gasteiger partial charge on any atom is 0.334 e. The number of cyclic esters (lactones) is 1. The fourth-order valence-electron chi connectivity index (χ4n) is 3.20. The summed E-state index contributed by atoms with van der Waals surface area (Å²) in [7, 11) is 1.84. The van der Waals surface area contributed by atoms with Crippen molar-refractivity contribution in [3.8, 4) is 11.1 Å². The molecular weight excluding hydrogens is 367 g/mol. The molecular formula is C21H16ClFN2O2. The average Bonchev–Trinajstić information content (AvgIpc) is 3.23. The number of aryl methyl sites for hydroxylation is 1. The minimum absolute atomic E-state index is 0.314. The normalized spacial score (nSPS) is 18.1. The summed E-state index contributed by atoms with van der Waals surface area (Å²) in [4.78, 5) is 12.3. The number of esters is 1. The summed E-state index contributed by atoms with van der Waals surface area (Å²) in [5, 5.41) is 4.81. The molecule has 1 fully saturated rings. The fraction of sp³-hybridized carbons (Fsp3) is 0.143. The van der Waals surface area contributed by atoms with Gasteiger partial charge in [-0.05, 0) is 41.5 Å². The summed E-state index contributed by atoms with van der Waals surface area (Å²) < 4.78 is 20.4. The number of carbonyl (C=O) groups excluding carboxylic acids is 1. The maximum absolute atomic E-state index is 13.1. The molecule has 0 saturated carbocycles. The van der Waals surface area contributed by atoms with Crippen molar-refractivity contribution < 1.29 is 13.9 Å². The van der Waals surface area contributed by atoms with Crippen LogP contribution in [-0.2, 0) is 16.6 Å². The third-order valence-corrected chi connectivity index (χ3v) is 4.74. The van der Waals surface area contributed by atoms with Gasteiger partial charge in [0.2, 0.25) is 0 Å². The number of benzene rings is 2. The third-order valence-electron chi connectivity index (χ3n) is 4.51. The molecule has 3 aromatic rings. The van der Waals surface area contributed by atoms with Crippen LogP contribution in [0.3, 0.4) is 0 Å². The first-order valence-corrected chi connectivity index (χ1v) is 8.83. The predicted octanol–water partition coefficient (Wildman–Crippen LogP) is 4.95. The highest BCUT2D eigenvalue weighted by Gasteiger charge is 2.32. The van der Waals surface area contributed by atoms with Crippen molar-refractivity contribution in [2.24, 2.45) is 7.05 Å². The second-order valence-electron chi connectivity index (χ2n) is 6.45. The molecule has 0 N–H and O–H groups in total. The first-order valence-electron chi connectivity index (χ1n) is 8.45. The molecule has 2 heterocycles. The summed E-state index contributed by atoms with van der Waals surface area (Å²) in [6.45, 7) is 0. The number of halogens is 2. The zero-order chi connectivity index (χ0) is 19.0. The lowest BCUT2D eigenvalue weighted by molar-refractivity contribution is -0.139. The molecule has 1 unspecified atom stereocenters. The van der Waals surface area contributed by atoms with Gasteiger partial charge in [-0.3, -0.25) is 4.68 Å². The lowest BCUT2D eigenvalue weighted by Gasteiger charge is -2.14. The lowest BCUT2D eigenvalue weighted by Crippen LogP contribution is -2.01. The van der Waals surface area contributed by atoms with Crippen molar-refractivity contribution in [1.29, 1.82) is 0 Å². The number of carbonyl (C=O) groups is 1. The molecule has 0 radical (unpaired) electrons. The minimum Gasteiger partial charge on any atom is -0.454 e. The monoisotopic (exact) mass is 382 g/mol. The van der Waals surface area contributed by atoms with E-state index in [9.17, 15) is 9.18 Å². The van der Waals surface area contributed by atoms with Crippen LogP contribution in [0.5, 0.6) is 0 Å². The summed E-state index contributed by atoms with van der Waals surface area (Å²) in [6.07, 6.45) is 5.41. The molecule has 2 aromatic carbocycles. The van der Waals surface area contributed by atoms with Crippen LogP contribution in [0.25, 0.3) is 17.2 Å². The van der Waals surface area contributed by atoms with Crippen molar-refractivity contribution in [3.05, 3.63) is 82.4 Å². The van der Waals surface area contributed by atoms with Crippen molar-refractivity contribution in [2.75, 3.05) is 0 Å². The number of rotatable bonds is 3. The molecule has 1 aliphatic rings. The van der Waals surface area contributed by atoms with Gasteiger partial charge in [-0.15, -0.1) is 0 Å². The Morgan fingerprint density at radius 3 is 2.74 bits per heavy atom. The van der Waals surface area contributed by atoms with Crippen molar-refractivity contribution >= 4 is 23.6 Å². The Morgan fingerprint density at radius 1 is 1.26 bits per heavy atom. The van der Waals surface area contributed by atoms with Crippen LogP contribution in [0.15, 0.2) is 60.4 Å². The Bertz CT molecular complexity index is 1040. The standard InChI is InChI=1S/C21H16ClFN2O2/c1-25-12-15(11-24-25)19-10-16(22)4-7-18(19)20-9-14(21(26)27-20)8-13-2-5-17(23)6-3-13/h2-8,10-12,20H,9H2,1H3. The molecule has 136 valence electrons. The molecule has 0 spiro atoms. The zero-order valence-corrected chi connectivity index (χ0v) is 15.3. The zero-order valence-electron chi connectivity index (χ0n) is 14.5. The van der Waals surface area contributed by atoms with Gasteiger partial charge in [-0.25, -0.2) is 9.18 Å². The molecule has 6 heteroatoms. The van der Waals surface area contributed by atoms with E-state index in [1.54, 1.807) is 35.2 Å². The highest BCUT2D eigenvalue weighted by molar-refractivity contribution is 6.30. The van der Waals surface area contributed by atoms with Gasteiger partial charge in [0, 0.05) is 41.4 Å². The quantitative estimate of drug-likeness (QED) is 0.475. The highest BCUT2D eigenvalue weighted by atomic mass is 35.5. The van der Waals surface area contributed by atoms with Crippen LogP contribution in [0.1, 0.15) is 23.7 Å². The predicted molar refractivity (Wildman–Crippen MR) is 101 cm³/mol. The molecule has 4 rings (SSSR count). The van der Waals surface area contributed by atoms with Crippen molar-refractivity contribution in [1.82, 2.24) is 9.78 Å². The van der Waals surface area contributed by atoms with Gasteiger partial charge in [0.15, 0.2) is 0 Å².